The summed E-state index contributed by atoms with van der Waals surface area (Å²) in [6.07, 6.45) is -3.34. The molecule has 0 spiro atoms. The first-order valence-electron chi connectivity index (χ1n) is 4.85. The van der Waals surface area contributed by atoms with Crippen LogP contribution in [0.4, 0.5) is 13.2 Å². The quantitative estimate of drug-likeness (QED) is 0.827. The van der Waals surface area contributed by atoms with Gasteiger partial charge in [-0.2, -0.15) is 13.2 Å². The molecule has 0 saturated carbocycles. The molecule has 0 heterocycles. The van der Waals surface area contributed by atoms with E-state index in [1.807, 2.05) is 6.92 Å². The summed E-state index contributed by atoms with van der Waals surface area (Å²) in [5.74, 6) is 0. The van der Waals surface area contributed by atoms with Crippen LogP contribution in [0.1, 0.15) is 24.5 Å². The van der Waals surface area contributed by atoms with Crippen molar-refractivity contribution in [3.8, 4) is 0 Å². The van der Waals surface area contributed by atoms with Crippen molar-refractivity contribution in [2.45, 2.75) is 32.0 Å². The smallest absolute Gasteiger partial charge is 0.327 e. The molecule has 2 N–H and O–H groups in total. The molecule has 0 aliphatic carbocycles. The van der Waals surface area contributed by atoms with Crippen molar-refractivity contribution in [3.63, 3.8) is 0 Å². The Hall–Kier alpha value is -1.03. The van der Waals surface area contributed by atoms with Crippen LogP contribution < -0.4 is 5.73 Å². The van der Waals surface area contributed by atoms with Crippen LogP contribution in [0.5, 0.6) is 0 Å². The maximum absolute atomic E-state index is 12.6. The first kappa shape index (κ1) is 12.0. The lowest BCUT2D eigenvalue weighted by molar-refractivity contribution is -0.138. The van der Waals surface area contributed by atoms with Crippen molar-refractivity contribution in [1.82, 2.24) is 0 Å². The van der Waals surface area contributed by atoms with Crippen molar-refractivity contribution >= 4 is 0 Å². The molecule has 1 unspecified atom stereocenters. The molecule has 0 bridgehead atoms. The third-order valence-corrected chi connectivity index (χ3v) is 2.33. The third kappa shape index (κ3) is 3.23. The van der Waals surface area contributed by atoms with Gasteiger partial charge in [-0.3, -0.25) is 0 Å². The SMILES string of the molecule is CCC(N)Cc1ccccc1C(F)(F)F. The molecule has 0 amide bonds. The highest BCUT2D eigenvalue weighted by atomic mass is 19.4. The van der Waals surface area contributed by atoms with Gasteiger partial charge in [0.1, 0.15) is 0 Å². The van der Waals surface area contributed by atoms with E-state index >= 15 is 0 Å². The van der Waals surface area contributed by atoms with Gasteiger partial charge >= 0.3 is 6.18 Å². The van der Waals surface area contributed by atoms with Gasteiger partial charge in [0.2, 0.25) is 0 Å². The van der Waals surface area contributed by atoms with Gasteiger partial charge in [-0.25, -0.2) is 0 Å². The van der Waals surface area contributed by atoms with Crippen molar-refractivity contribution in [2.24, 2.45) is 5.73 Å². The second-order valence-electron chi connectivity index (χ2n) is 3.53. The van der Waals surface area contributed by atoms with Crippen LogP contribution in [0.3, 0.4) is 0 Å². The molecule has 4 heteroatoms. The molecule has 0 saturated heterocycles. The normalized spacial score (nSPS) is 13.9. The summed E-state index contributed by atoms with van der Waals surface area (Å²) in [6.45, 7) is 1.86. The minimum absolute atomic E-state index is 0.214. The van der Waals surface area contributed by atoms with Crippen molar-refractivity contribution < 1.29 is 13.2 Å². The first-order chi connectivity index (χ1) is 6.95. The Balaban J connectivity index is 2.97. The lowest BCUT2D eigenvalue weighted by Gasteiger charge is -2.15. The molecule has 0 aromatic heterocycles. The van der Waals surface area contributed by atoms with Gasteiger partial charge in [0.25, 0.3) is 0 Å². The molecule has 1 aromatic carbocycles. The van der Waals surface area contributed by atoms with E-state index in [4.69, 9.17) is 5.73 Å². The van der Waals surface area contributed by atoms with E-state index in [-0.39, 0.29) is 18.0 Å². The van der Waals surface area contributed by atoms with Gasteiger partial charge in [0.05, 0.1) is 5.56 Å². The Bertz CT molecular complexity index is 320. The minimum Gasteiger partial charge on any atom is -0.327 e. The van der Waals surface area contributed by atoms with E-state index in [1.54, 1.807) is 6.07 Å². The average molecular weight is 217 g/mol. The minimum atomic E-state index is -4.29. The van der Waals surface area contributed by atoms with E-state index in [2.05, 4.69) is 0 Å². The van der Waals surface area contributed by atoms with E-state index in [0.29, 0.717) is 6.42 Å². The Kier molecular flexibility index (Phi) is 3.74. The van der Waals surface area contributed by atoms with E-state index < -0.39 is 11.7 Å². The lowest BCUT2D eigenvalue weighted by Crippen LogP contribution is -2.23. The standard InChI is InChI=1S/C11H14F3N/c1-2-9(15)7-8-5-3-4-6-10(8)11(12,13)14/h3-6,9H,2,7,15H2,1H3. The van der Waals surface area contributed by atoms with Crippen LogP contribution in [-0.2, 0) is 12.6 Å². The number of halogens is 3. The van der Waals surface area contributed by atoms with Gasteiger partial charge in [-0.1, -0.05) is 25.1 Å². The molecular weight excluding hydrogens is 203 g/mol. The monoisotopic (exact) mass is 217 g/mol. The zero-order valence-electron chi connectivity index (χ0n) is 8.51. The van der Waals surface area contributed by atoms with Gasteiger partial charge < -0.3 is 5.73 Å². The summed E-state index contributed by atoms with van der Waals surface area (Å²) >= 11 is 0. The molecule has 0 aliphatic heterocycles. The predicted molar refractivity (Wildman–Crippen MR) is 53.4 cm³/mol. The summed E-state index contributed by atoms with van der Waals surface area (Å²) in [7, 11) is 0. The second-order valence-corrected chi connectivity index (χ2v) is 3.53. The zero-order valence-corrected chi connectivity index (χ0v) is 8.51. The highest BCUT2D eigenvalue weighted by molar-refractivity contribution is 5.30. The first-order valence-corrected chi connectivity index (χ1v) is 4.85. The van der Waals surface area contributed by atoms with Gasteiger partial charge in [-0.15, -0.1) is 0 Å². The van der Waals surface area contributed by atoms with Gasteiger partial charge in [-0.05, 0) is 24.5 Å². The summed E-state index contributed by atoms with van der Waals surface area (Å²) in [5.41, 5.74) is 5.35. The summed E-state index contributed by atoms with van der Waals surface area (Å²) in [4.78, 5) is 0. The lowest BCUT2D eigenvalue weighted by atomic mass is 9.99. The zero-order chi connectivity index (χ0) is 11.5. The Morgan fingerprint density at radius 3 is 2.40 bits per heavy atom. The second kappa shape index (κ2) is 4.66. The third-order valence-electron chi connectivity index (χ3n) is 2.33. The molecule has 84 valence electrons. The van der Waals surface area contributed by atoms with E-state index in [0.717, 1.165) is 6.07 Å². The molecule has 1 aromatic rings. The summed E-state index contributed by atoms with van der Waals surface area (Å²) in [5, 5.41) is 0. The number of rotatable bonds is 3. The highest BCUT2D eigenvalue weighted by Crippen LogP contribution is 2.32. The van der Waals surface area contributed by atoms with Crippen LogP contribution in [0.2, 0.25) is 0 Å². The maximum atomic E-state index is 12.6. The van der Waals surface area contributed by atoms with E-state index in [9.17, 15) is 13.2 Å². The predicted octanol–water partition coefficient (Wildman–Crippen LogP) is 2.99. The van der Waals surface area contributed by atoms with E-state index in [1.165, 1.54) is 12.1 Å². The number of alkyl halides is 3. The molecule has 1 atom stereocenters. The van der Waals surface area contributed by atoms with Crippen molar-refractivity contribution in [1.29, 1.82) is 0 Å². The number of nitrogens with two attached hydrogens (primary N) is 1. The Morgan fingerprint density at radius 1 is 1.27 bits per heavy atom. The molecule has 1 rings (SSSR count). The topological polar surface area (TPSA) is 26.0 Å². The maximum Gasteiger partial charge on any atom is 0.416 e. The molecule has 0 radical (unpaired) electrons. The van der Waals surface area contributed by atoms with Gasteiger partial charge in [0.15, 0.2) is 0 Å². The molecule has 0 fully saturated rings. The van der Waals surface area contributed by atoms with Crippen LogP contribution in [0, 0.1) is 0 Å². The summed E-state index contributed by atoms with van der Waals surface area (Å²) < 4.78 is 37.7. The number of benzene rings is 1. The Labute approximate surface area is 87.1 Å². The van der Waals surface area contributed by atoms with Crippen molar-refractivity contribution in [2.75, 3.05) is 0 Å². The van der Waals surface area contributed by atoms with Crippen LogP contribution >= 0.6 is 0 Å². The fraction of sp³-hybridized carbons (Fsp3) is 0.455. The average Bonchev–Trinajstić information content (AvgIpc) is 2.17. The molecule has 0 aliphatic rings. The largest absolute Gasteiger partial charge is 0.416 e. The number of hydrogen-bond donors (Lipinski definition) is 1. The van der Waals surface area contributed by atoms with Gasteiger partial charge in [0, 0.05) is 6.04 Å². The number of hydrogen-bond acceptors (Lipinski definition) is 1. The Morgan fingerprint density at radius 2 is 1.87 bits per heavy atom. The fourth-order valence-corrected chi connectivity index (χ4v) is 1.40. The molecule has 15 heavy (non-hydrogen) atoms. The van der Waals surface area contributed by atoms with Crippen molar-refractivity contribution in [3.05, 3.63) is 35.4 Å². The molecule has 1 nitrogen and oxygen atoms in total. The fourth-order valence-electron chi connectivity index (χ4n) is 1.40. The summed E-state index contributed by atoms with van der Waals surface area (Å²) in [6, 6.07) is 5.36. The van der Waals surface area contributed by atoms with Crippen LogP contribution in [0.15, 0.2) is 24.3 Å². The molecular formula is C11H14F3N. The van der Waals surface area contributed by atoms with Crippen LogP contribution in [-0.4, -0.2) is 6.04 Å². The highest BCUT2D eigenvalue weighted by Gasteiger charge is 2.32. The van der Waals surface area contributed by atoms with Crippen LogP contribution in [0.25, 0.3) is 0 Å².